The summed E-state index contributed by atoms with van der Waals surface area (Å²) in [4.78, 5) is 14.6. The Morgan fingerprint density at radius 3 is 3.19 bits per heavy atom. The van der Waals surface area contributed by atoms with E-state index in [0.29, 0.717) is 5.92 Å². The maximum Gasteiger partial charge on any atom is 0.253 e. The lowest BCUT2D eigenvalue weighted by Gasteiger charge is -2.28. The van der Waals surface area contributed by atoms with Gasteiger partial charge in [-0.25, -0.2) is 0 Å². The predicted molar refractivity (Wildman–Crippen MR) is 82.4 cm³/mol. The minimum atomic E-state index is 0.152. The maximum atomic E-state index is 12.8. The number of ether oxygens (including phenoxy) is 1. The zero-order valence-corrected chi connectivity index (χ0v) is 12.7. The lowest BCUT2D eigenvalue weighted by atomic mass is 9.94. The summed E-state index contributed by atoms with van der Waals surface area (Å²) in [7, 11) is 1.91. The smallest absolute Gasteiger partial charge is 0.253 e. The normalized spacial score (nSPS) is 21.7. The van der Waals surface area contributed by atoms with E-state index in [1.54, 1.807) is 0 Å². The molecule has 1 aromatic carbocycles. The van der Waals surface area contributed by atoms with Crippen LogP contribution in [0.3, 0.4) is 0 Å². The number of hydrogen-bond acceptors (Lipinski definition) is 3. The third-order valence-electron chi connectivity index (χ3n) is 4.50. The molecule has 4 nitrogen and oxygen atoms in total. The molecule has 2 aliphatic rings. The fourth-order valence-corrected chi connectivity index (χ4v) is 3.36. The lowest BCUT2D eigenvalue weighted by Crippen LogP contribution is -2.36. The zero-order chi connectivity index (χ0) is 14.7. The van der Waals surface area contributed by atoms with E-state index in [4.69, 9.17) is 4.74 Å². The molecular formula is C17H24N2O2. The minimum absolute atomic E-state index is 0.152. The minimum Gasteiger partial charge on any atom is -0.381 e. The van der Waals surface area contributed by atoms with Crippen molar-refractivity contribution >= 4 is 5.91 Å². The summed E-state index contributed by atoms with van der Waals surface area (Å²) in [5, 5.41) is 3.36. The summed E-state index contributed by atoms with van der Waals surface area (Å²) in [6, 6.07) is 6.09. The highest BCUT2D eigenvalue weighted by atomic mass is 16.5. The molecule has 21 heavy (non-hydrogen) atoms. The average Bonchev–Trinajstić information content (AvgIpc) is 2.54. The number of benzene rings is 1. The van der Waals surface area contributed by atoms with Gasteiger partial charge in [-0.1, -0.05) is 12.1 Å². The molecule has 0 aliphatic carbocycles. The number of fused-ring (bicyclic) bond motifs is 1. The molecule has 0 spiro atoms. The van der Waals surface area contributed by atoms with E-state index in [2.05, 4.69) is 11.4 Å². The SMILES string of the molecule is CN(CC1CCCOC1)C(=O)c1cccc2c1CCNC2. The molecule has 1 fully saturated rings. The molecule has 0 radical (unpaired) electrons. The molecule has 1 atom stereocenters. The van der Waals surface area contributed by atoms with Crippen molar-refractivity contribution in [3.05, 3.63) is 34.9 Å². The fraction of sp³-hybridized carbons (Fsp3) is 0.588. The van der Waals surface area contributed by atoms with Crippen molar-refractivity contribution in [1.82, 2.24) is 10.2 Å². The first-order valence-electron chi connectivity index (χ1n) is 7.90. The van der Waals surface area contributed by atoms with E-state index in [1.807, 2.05) is 24.1 Å². The van der Waals surface area contributed by atoms with E-state index in [-0.39, 0.29) is 5.91 Å². The summed E-state index contributed by atoms with van der Waals surface area (Å²) < 4.78 is 5.51. The Morgan fingerprint density at radius 2 is 2.38 bits per heavy atom. The number of nitrogens with zero attached hydrogens (tertiary/aromatic N) is 1. The van der Waals surface area contributed by atoms with Crippen LogP contribution in [0.2, 0.25) is 0 Å². The molecule has 1 aromatic rings. The Balaban J connectivity index is 1.72. The van der Waals surface area contributed by atoms with E-state index in [0.717, 1.165) is 57.7 Å². The van der Waals surface area contributed by atoms with Crippen LogP contribution in [0.4, 0.5) is 0 Å². The van der Waals surface area contributed by atoms with E-state index < -0.39 is 0 Å². The van der Waals surface area contributed by atoms with Gasteiger partial charge in [0.25, 0.3) is 5.91 Å². The molecule has 3 rings (SSSR count). The van der Waals surface area contributed by atoms with Crippen molar-refractivity contribution < 1.29 is 9.53 Å². The summed E-state index contributed by atoms with van der Waals surface area (Å²) in [5.74, 6) is 0.633. The maximum absolute atomic E-state index is 12.8. The Morgan fingerprint density at radius 1 is 1.48 bits per heavy atom. The van der Waals surface area contributed by atoms with Crippen LogP contribution in [0.5, 0.6) is 0 Å². The average molecular weight is 288 g/mol. The number of hydrogen-bond donors (Lipinski definition) is 1. The van der Waals surface area contributed by atoms with Gasteiger partial charge in [-0.2, -0.15) is 0 Å². The van der Waals surface area contributed by atoms with Gasteiger partial charge >= 0.3 is 0 Å². The lowest BCUT2D eigenvalue weighted by molar-refractivity contribution is 0.0388. The second-order valence-electron chi connectivity index (χ2n) is 6.14. The number of carbonyl (C=O) groups is 1. The quantitative estimate of drug-likeness (QED) is 0.922. The third-order valence-corrected chi connectivity index (χ3v) is 4.50. The van der Waals surface area contributed by atoms with E-state index in [9.17, 15) is 4.79 Å². The molecular weight excluding hydrogens is 264 g/mol. The molecule has 0 aromatic heterocycles. The molecule has 1 saturated heterocycles. The van der Waals surface area contributed by atoms with Gasteiger partial charge in [0.05, 0.1) is 6.61 Å². The standard InChI is InChI=1S/C17H24N2O2/c1-19(11-13-4-3-9-21-12-13)17(20)16-6-2-5-14-10-18-8-7-15(14)16/h2,5-6,13,18H,3-4,7-12H2,1H3. The predicted octanol–water partition coefficient (Wildman–Crippen LogP) is 1.83. The summed E-state index contributed by atoms with van der Waals surface area (Å²) >= 11 is 0. The zero-order valence-electron chi connectivity index (χ0n) is 12.7. The van der Waals surface area contributed by atoms with Crippen LogP contribution in [0.1, 0.15) is 34.3 Å². The third kappa shape index (κ3) is 3.27. The molecule has 4 heteroatoms. The van der Waals surface area contributed by atoms with Crippen molar-refractivity contribution in [2.24, 2.45) is 5.92 Å². The van der Waals surface area contributed by atoms with Gasteiger partial charge in [0.2, 0.25) is 0 Å². The van der Waals surface area contributed by atoms with Crippen LogP contribution in [-0.2, 0) is 17.7 Å². The molecule has 2 heterocycles. The van der Waals surface area contributed by atoms with Crippen LogP contribution in [0.25, 0.3) is 0 Å². The van der Waals surface area contributed by atoms with Crippen LogP contribution in [-0.4, -0.2) is 44.2 Å². The second-order valence-corrected chi connectivity index (χ2v) is 6.14. The Bertz CT molecular complexity index is 510. The van der Waals surface area contributed by atoms with Crippen LogP contribution in [0.15, 0.2) is 18.2 Å². The highest BCUT2D eigenvalue weighted by Crippen LogP contribution is 2.21. The number of rotatable bonds is 3. The monoisotopic (exact) mass is 288 g/mol. The van der Waals surface area contributed by atoms with Crippen LogP contribution < -0.4 is 5.32 Å². The molecule has 0 saturated carbocycles. The first-order valence-corrected chi connectivity index (χ1v) is 7.90. The van der Waals surface area contributed by atoms with Gasteiger partial charge in [-0.15, -0.1) is 0 Å². The first-order chi connectivity index (χ1) is 10.3. The van der Waals surface area contributed by atoms with Gasteiger partial charge in [0, 0.05) is 32.3 Å². The first kappa shape index (κ1) is 14.5. The van der Waals surface area contributed by atoms with E-state index >= 15 is 0 Å². The highest BCUT2D eigenvalue weighted by Gasteiger charge is 2.23. The molecule has 1 N–H and O–H groups in total. The number of carbonyl (C=O) groups excluding carboxylic acids is 1. The van der Waals surface area contributed by atoms with E-state index in [1.165, 1.54) is 11.1 Å². The Labute approximate surface area is 126 Å². The van der Waals surface area contributed by atoms with Gasteiger partial charge in [0.15, 0.2) is 0 Å². The summed E-state index contributed by atoms with van der Waals surface area (Å²) in [6.45, 7) is 4.27. The molecule has 1 unspecified atom stereocenters. The molecule has 1 amide bonds. The van der Waals surface area contributed by atoms with Crippen molar-refractivity contribution in [3.63, 3.8) is 0 Å². The van der Waals surface area contributed by atoms with Crippen LogP contribution >= 0.6 is 0 Å². The largest absolute Gasteiger partial charge is 0.381 e. The Kier molecular flexibility index (Phi) is 4.56. The summed E-state index contributed by atoms with van der Waals surface area (Å²) in [5.41, 5.74) is 3.38. The van der Waals surface area contributed by atoms with Gasteiger partial charge in [-0.3, -0.25) is 4.79 Å². The molecule has 0 bridgehead atoms. The van der Waals surface area contributed by atoms with Crippen LogP contribution in [0, 0.1) is 5.92 Å². The van der Waals surface area contributed by atoms with Crippen molar-refractivity contribution in [1.29, 1.82) is 0 Å². The second kappa shape index (κ2) is 6.58. The Hall–Kier alpha value is -1.39. The molecule has 114 valence electrons. The van der Waals surface area contributed by atoms with Gasteiger partial charge in [0.1, 0.15) is 0 Å². The summed E-state index contributed by atoms with van der Waals surface area (Å²) in [6.07, 6.45) is 3.21. The van der Waals surface area contributed by atoms with Crippen molar-refractivity contribution in [3.8, 4) is 0 Å². The highest BCUT2D eigenvalue weighted by molar-refractivity contribution is 5.96. The van der Waals surface area contributed by atoms with Gasteiger partial charge < -0.3 is 15.0 Å². The topological polar surface area (TPSA) is 41.6 Å². The fourth-order valence-electron chi connectivity index (χ4n) is 3.36. The van der Waals surface area contributed by atoms with Gasteiger partial charge in [-0.05, 0) is 48.9 Å². The number of nitrogens with one attached hydrogen (secondary N) is 1. The molecule has 2 aliphatic heterocycles. The van der Waals surface area contributed by atoms with Crippen molar-refractivity contribution in [2.75, 3.05) is 33.4 Å². The van der Waals surface area contributed by atoms with Crippen molar-refractivity contribution in [2.45, 2.75) is 25.8 Å². The number of amides is 1.